The second-order valence-corrected chi connectivity index (χ2v) is 5.98. The Morgan fingerprint density at radius 3 is 2.45 bits per heavy atom. The number of nitrogens with one attached hydrogen (secondary N) is 1. The molecule has 0 bridgehead atoms. The fraction of sp³-hybridized carbons (Fsp3) is 0.294. The predicted molar refractivity (Wildman–Crippen MR) is 87.9 cm³/mol. The van der Waals surface area contributed by atoms with E-state index in [1.807, 2.05) is 19.2 Å². The smallest absolute Gasteiger partial charge is 0.0468 e. The minimum atomic E-state index is 0.181. The summed E-state index contributed by atoms with van der Waals surface area (Å²) < 4.78 is 0. The van der Waals surface area contributed by atoms with Crippen molar-refractivity contribution in [1.29, 1.82) is 0 Å². The molecule has 2 rings (SSSR count). The van der Waals surface area contributed by atoms with E-state index in [1.165, 1.54) is 16.7 Å². The minimum absolute atomic E-state index is 0.181. The van der Waals surface area contributed by atoms with Gasteiger partial charge in [-0.3, -0.25) is 0 Å². The highest BCUT2D eigenvalue weighted by molar-refractivity contribution is 6.35. The van der Waals surface area contributed by atoms with Crippen molar-refractivity contribution in [3.05, 3.63) is 68.7 Å². The van der Waals surface area contributed by atoms with E-state index in [9.17, 15) is 0 Å². The van der Waals surface area contributed by atoms with Crippen molar-refractivity contribution < 1.29 is 0 Å². The first kappa shape index (κ1) is 15.4. The number of likely N-dealkylation sites (N-methyl/N-ethyl adjacent to an activating group) is 1. The number of hydrogen-bond donors (Lipinski definition) is 1. The van der Waals surface area contributed by atoms with Gasteiger partial charge in [-0.2, -0.15) is 0 Å². The fourth-order valence-electron chi connectivity index (χ4n) is 2.39. The fourth-order valence-corrected chi connectivity index (χ4v) is 2.93. The van der Waals surface area contributed by atoms with Crippen LogP contribution in [-0.4, -0.2) is 7.05 Å². The van der Waals surface area contributed by atoms with Gasteiger partial charge >= 0.3 is 0 Å². The zero-order chi connectivity index (χ0) is 14.7. The van der Waals surface area contributed by atoms with Gasteiger partial charge in [0.05, 0.1) is 0 Å². The Morgan fingerprint density at radius 2 is 1.80 bits per heavy atom. The highest BCUT2D eigenvalue weighted by Crippen LogP contribution is 2.29. The summed E-state index contributed by atoms with van der Waals surface area (Å²) >= 11 is 12.3. The van der Waals surface area contributed by atoms with Gasteiger partial charge in [-0.1, -0.05) is 53.0 Å². The Labute approximate surface area is 130 Å². The monoisotopic (exact) mass is 307 g/mol. The molecule has 1 nitrogen and oxygen atoms in total. The highest BCUT2D eigenvalue weighted by atomic mass is 35.5. The predicted octanol–water partition coefficient (Wildman–Crippen LogP) is 5.11. The maximum Gasteiger partial charge on any atom is 0.0468 e. The van der Waals surface area contributed by atoms with Crippen molar-refractivity contribution >= 4 is 23.2 Å². The first-order valence-electron chi connectivity index (χ1n) is 6.69. The topological polar surface area (TPSA) is 12.0 Å². The molecule has 2 aromatic carbocycles. The van der Waals surface area contributed by atoms with Crippen LogP contribution < -0.4 is 5.32 Å². The van der Waals surface area contributed by atoms with Crippen molar-refractivity contribution in [3.63, 3.8) is 0 Å². The highest BCUT2D eigenvalue weighted by Gasteiger charge is 2.15. The molecule has 0 aliphatic rings. The molecular weight excluding hydrogens is 289 g/mol. The third-order valence-electron chi connectivity index (χ3n) is 3.62. The third kappa shape index (κ3) is 3.54. The molecule has 1 atom stereocenters. The summed E-state index contributed by atoms with van der Waals surface area (Å²) in [5.74, 6) is 0. The Morgan fingerprint density at radius 1 is 1.05 bits per heavy atom. The summed E-state index contributed by atoms with van der Waals surface area (Å²) in [6.07, 6.45) is 0.908. The summed E-state index contributed by atoms with van der Waals surface area (Å²) in [7, 11) is 1.96. The van der Waals surface area contributed by atoms with E-state index in [0.29, 0.717) is 10.0 Å². The van der Waals surface area contributed by atoms with Crippen LogP contribution in [0.3, 0.4) is 0 Å². The lowest BCUT2D eigenvalue weighted by Gasteiger charge is -2.20. The van der Waals surface area contributed by atoms with Crippen LogP contribution in [0.5, 0.6) is 0 Å². The van der Waals surface area contributed by atoms with Crippen LogP contribution in [0.1, 0.15) is 28.3 Å². The molecule has 2 aromatic rings. The molecule has 0 saturated heterocycles. The molecule has 0 heterocycles. The average molecular weight is 308 g/mol. The van der Waals surface area contributed by atoms with Gasteiger partial charge in [0.15, 0.2) is 0 Å². The van der Waals surface area contributed by atoms with Crippen molar-refractivity contribution in [2.45, 2.75) is 26.3 Å². The second-order valence-electron chi connectivity index (χ2n) is 5.14. The van der Waals surface area contributed by atoms with E-state index in [1.54, 1.807) is 6.07 Å². The molecule has 0 spiro atoms. The zero-order valence-corrected chi connectivity index (χ0v) is 13.5. The van der Waals surface area contributed by atoms with Crippen LogP contribution in [-0.2, 0) is 6.42 Å². The molecule has 0 fully saturated rings. The van der Waals surface area contributed by atoms with Gasteiger partial charge in [-0.15, -0.1) is 0 Å². The molecule has 0 saturated carbocycles. The van der Waals surface area contributed by atoms with E-state index in [2.05, 4.69) is 37.4 Å². The molecule has 0 amide bonds. The first-order chi connectivity index (χ1) is 9.51. The quantitative estimate of drug-likeness (QED) is 0.827. The first-order valence-corrected chi connectivity index (χ1v) is 7.45. The molecule has 3 heteroatoms. The molecule has 0 aromatic heterocycles. The minimum Gasteiger partial charge on any atom is -0.313 e. The lowest BCUT2D eigenvalue weighted by Crippen LogP contribution is -2.19. The van der Waals surface area contributed by atoms with Crippen LogP contribution in [0.4, 0.5) is 0 Å². The Kier molecular flexibility index (Phi) is 5.09. The van der Waals surface area contributed by atoms with E-state index in [-0.39, 0.29) is 6.04 Å². The Bertz CT molecular complexity index is 608. The van der Waals surface area contributed by atoms with Crippen LogP contribution in [0.25, 0.3) is 0 Å². The van der Waals surface area contributed by atoms with Crippen LogP contribution in [0.15, 0.2) is 36.4 Å². The number of benzene rings is 2. The largest absolute Gasteiger partial charge is 0.313 e. The van der Waals surface area contributed by atoms with Crippen molar-refractivity contribution in [2.75, 3.05) is 7.05 Å². The Balaban J connectivity index is 2.31. The lowest BCUT2D eigenvalue weighted by atomic mass is 9.95. The van der Waals surface area contributed by atoms with Gasteiger partial charge in [-0.25, -0.2) is 0 Å². The molecule has 1 N–H and O–H groups in total. The van der Waals surface area contributed by atoms with Crippen LogP contribution >= 0.6 is 23.2 Å². The normalized spacial score (nSPS) is 12.4. The number of hydrogen-bond acceptors (Lipinski definition) is 1. The summed E-state index contributed by atoms with van der Waals surface area (Å²) in [6.45, 7) is 4.26. The van der Waals surface area contributed by atoms with E-state index < -0.39 is 0 Å². The summed E-state index contributed by atoms with van der Waals surface area (Å²) in [6, 6.07) is 12.4. The van der Waals surface area contributed by atoms with Crippen LogP contribution in [0, 0.1) is 13.8 Å². The summed E-state index contributed by atoms with van der Waals surface area (Å²) in [5.41, 5.74) is 5.01. The van der Waals surface area contributed by atoms with Gasteiger partial charge in [0, 0.05) is 16.1 Å². The maximum absolute atomic E-state index is 6.32. The molecule has 0 radical (unpaired) electrons. The van der Waals surface area contributed by atoms with E-state index in [0.717, 1.165) is 12.0 Å². The van der Waals surface area contributed by atoms with Crippen molar-refractivity contribution in [1.82, 2.24) is 5.32 Å². The van der Waals surface area contributed by atoms with Crippen molar-refractivity contribution in [2.24, 2.45) is 0 Å². The van der Waals surface area contributed by atoms with Gasteiger partial charge in [0.2, 0.25) is 0 Å². The molecular formula is C17H19Cl2N. The van der Waals surface area contributed by atoms with Crippen LogP contribution in [0.2, 0.25) is 10.0 Å². The zero-order valence-electron chi connectivity index (χ0n) is 12.0. The number of rotatable bonds is 4. The van der Waals surface area contributed by atoms with E-state index >= 15 is 0 Å². The van der Waals surface area contributed by atoms with Gasteiger partial charge < -0.3 is 5.32 Å². The second kappa shape index (κ2) is 6.62. The SMILES string of the molecule is CNC(Cc1cc(C)ccc1C)c1ccc(Cl)cc1Cl. The summed E-state index contributed by atoms with van der Waals surface area (Å²) in [4.78, 5) is 0. The van der Waals surface area contributed by atoms with Gasteiger partial charge in [0.1, 0.15) is 0 Å². The van der Waals surface area contributed by atoms with E-state index in [4.69, 9.17) is 23.2 Å². The van der Waals surface area contributed by atoms with Crippen molar-refractivity contribution in [3.8, 4) is 0 Å². The lowest BCUT2D eigenvalue weighted by molar-refractivity contribution is 0.590. The number of aryl methyl sites for hydroxylation is 2. The molecule has 1 unspecified atom stereocenters. The van der Waals surface area contributed by atoms with Gasteiger partial charge in [-0.05, 0) is 56.1 Å². The van der Waals surface area contributed by atoms with Gasteiger partial charge in [0.25, 0.3) is 0 Å². The molecule has 0 aliphatic carbocycles. The molecule has 0 aliphatic heterocycles. The standard InChI is InChI=1S/C17H19Cl2N/c1-11-4-5-12(2)13(8-11)9-17(20-3)15-7-6-14(18)10-16(15)19/h4-8,10,17,20H,9H2,1-3H3. The molecule has 106 valence electrons. The number of halogens is 2. The molecule has 20 heavy (non-hydrogen) atoms. The Hall–Kier alpha value is -1.02. The maximum atomic E-state index is 6.32. The average Bonchev–Trinajstić information content (AvgIpc) is 2.40. The summed E-state index contributed by atoms with van der Waals surface area (Å²) in [5, 5.41) is 4.72. The third-order valence-corrected chi connectivity index (χ3v) is 4.18.